The van der Waals surface area contributed by atoms with E-state index in [2.05, 4.69) is 115 Å². The second-order valence-corrected chi connectivity index (χ2v) is 28.1. The molecule has 0 aromatic heterocycles. The van der Waals surface area contributed by atoms with E-state index in [0.717, 1.165) is 23.8 Å². The monoisotopic (exact) mass is 1150 g/mol. The first-order valence-electron chi connectivity index (χ1n) is 28.9. The van der Waals surface area contributed by atoms with E-state index in [0.29, 0.717) is 65.3 Å². The normalized spacial score (nSPS) is 17.0. The van der Waals surface area contributed by atoms with Gasteiger partial charge in [-0.25, -0.2) is 0 Å². The maximum atomic E-state index is 12.4. The van der Waals surface area contributed by atoms with Gasteiger partial charge in [-0.3, -0.25) is 33.9 Å². The summed E-state index contributed by atoms with van der Waals surface area (Å²) in [4.78, 5) is 57.8. The summed E-state index contributed by atoms with van der Waals surface area (Å²) in [5.74, 6) is 7.13. The van der Waals surface area contributed by atoms with Crippen LogP contribution in [0.25, 0.3) is 32.3 Å². The number of carbonyl (C=O) groups is 4. The Balaban J connectivity index is 0.000000161. The first-order chi connectivity index (χ1) is 39.5. The first kappa shape index (κ1) is 61.2. The lowest BCUT2D eigenvalue weighted by Crippen LogP contribution is -2.39. The first-order valence-corrected chi connectivity index (χ1v) is 33.6. The minimum atomic E-state index is -0.357. The molecule has 6 aromatic rings. The fourth-order valence-corrected chi connectivity index (χ4v) is 19.1. The highest BCUT2D eigenvalue weighted by molar-refractivity contribution is 7.97. The quantitative estimate of drug-likeness (QED) is 0.0309. The van der Waals surface area contributed by atoms with E-state index >= 15 is 0 Å². The molecule has 3 aliphatic heterocycles. The Bertz CT molecular complexity index is 3180. The lowest BCUT2D eigenvalue weighted by molar-refractivity contribution is -0.151. The van der Waals surface area contributed by atoms with Crippen molar-refractivity contribution >= 4 is 88.7 Å². The highest BCUT2D eigenvalue weighted by Crippen LogP contribution is 2.36. The lowest BCUT2D eigenvalue weighted by Gasteiger charge is -2.21. The van der Waals surface area contributed by atoms with Crippen LogP contribution in [-0.4, -0.2) is 139 Å². The molecule has 6 aromatic carbocycles. The summed E-state index contributed by atoms with van der Waals surface area (Å²) >= 11 is 0. The van der Waals surface area contributed by atoms with Gasteiger partial charge in [0.1, 0.15) is 46.4 Å². The standard InChI is InChI=1S/C24H30NO3S.C23H30NO4S.C19H20N3S/c1-25(21-9-6-10-22(21)26)17-24(27)28-14-13-18-11-12-23(29-15-4-5-16-29)20-8-3-2-7-19(18)20;1-4-27-22(25)15-24(3)16-23(26)28-17(2)18-11-12-21(29-13-7-8-14-29)20-10-6-5-9-19(18)20;20-9-11-22(12-10-21)15-16-7-8-19(23-13-3-4-14-23)18-6-2-1-5-17(16)18/h2-3,7-8,11-12,21H,4-6,9-10,13-17H2,1H3;5-6,9-12,17H,4,7-8,13-16H2,1-3H3;1-2,5-8H,3-4,11-15H2/q3*+1. The van der Waals surface area contributed by atoms with E-state index < -0.39 is 0 Å². The molecule has 0 N–H and O–H groups in total. The average Bonchev–Trinajstić information content (AvgIpc) is 4.44. The van der Waals surface area contributed by atoms with Crippen LogP contribution in [-0.2, 0) is 79.0 Å². The number of ether oxygens (including phenoxy) is 3. The molecule has 15 heteroatoms. The van der Waals surface area contributed by atoms with Gasteiger partial charge >= 0.3 is 17.9 Å². The second-order valence-electron chi connectivity index (χ2n) is 21.4. The number of nitriles is 2. The number of benzene rings is 6. The van der Waals surface area contributed by atoms with Crippen molar-refractivity contribution in [2.24, 2.45) is 0 Å². The molecular weight excluding hydrogens is 1070 g/mol. The summed E-state index contributed by atoms with van der Waals surface area (Å²) in [5.41, 5.74) is 3.46. The molecule has 2 atom stereocenters. The zero-order valence-electron chi connectivity index (χ0n) is 47.8. The number of hydrogen-bond donors (Lipinski definition) is 0. The molecule has 2 unspecified atom stereocenters. The van der Waals surface area contributed by atoms with Crippen LogP contribution in [0.5, 0.6) is 0 Å². The zero-order chi connectivity index (χ0) is 57.1. The molecule has 426 valence electrons. The van der Waals surface area contributed by atoms with Gasteiger partial charge in [-0.1, -0.05) is 66.7 Å². The number of esters is 3. The van der Waals surface area contributed by atoms with Crippen LogP contribution >= 0.6 is 0 Å². The van der Waals surface area contributed by atoms with Crippen molar-refractivity contribution in [3.8, 4) is 12.1 Å². The molecule has 4 aliphatic rings. The summed E-state index contributed by atoms with van der Waals surface area (Å²) in [7, 11) is 4.64. The SMILES string of the molecule is CCOC(=O)CN(C)CC(=O)OC(C)c1ccc([S+]2CCCC2)c2ccccc12.CN(CC(=O)OCCc1ccc([S+]2CCCC2)c2ccccc12)C1CCCC1=O.N#CCN(CC#N)Cc1ccc([S+]2CCCC2)c2ccccc12. The Morgan fingerprint density at radius 2 is 1.04 bits per heavy atom. The van der Waals surface area contributed by atoms with Crippen molar-refractivity contribution < 1.29 is 33.4 Å². The Labute approximate surface area is 488 Å². The number of Topliss-reactive ketones (excluding diaryl/α,β-unsaturated/α-hetero) is 1. The second kappa shape index (κ2) is 30.9. The van der Waals surface area contributed by atoms with Gasteiger partial charge in [-0.15, -0.1) is 0 Å². The largest absolute Gasteiger partial charge is 0.465 e. The molecule has 1 aliphatic carbocycles. The van der Waals surface area contributed by atoms with Crippen LogP contribution in [0.2, 0.25) is 0 Å². The van der Waals surface area contributed by atoms with Crippen molar-refractivity contribution in [3.05, 3.63) is 126 Å². The zero-order valence-corrected chi connectivity index (χ0v) is 50.3. The predicted octanol–water partition coefficient (Wildman–Crippen LogP) is 10.9. The third-order valence-electron chi connectivity index (χ3n) is 15.5. The molecule has 0 radical (unpaired) electrons. The fraction of sp³-hybridized carbons (Fsp3) is 0.455. The Morgan fingerprint density at radius 3 is 1.54 bits per heavy atom. The number of ketones is 1. The molecule has 1 saturated carbocycles. The number of rotatable bonds is 20. The number of fused-ring (bicyclic) bond motifs is 3. The van der Waals surface area contributed by atoms with E-state index in [1.165, 1.54) is 126 Å². The van der Waals surface area contributed by atoms with Gasteiger partial charge in [-0.2, -0.15) is 10.5 Å². The minimum absolute atomic E-state index is 0.0443. The van der Waals surface area contributed by atoms with Crippen molar-refractivity contribution in [2.75, 3.05) is 94.6 Å². The van der Waals surface area contributed by atoms with E-state index in [9.17, 15) is 19.2 Å². The number of carbonyl (C=O) groups excluding carboxylic acids is 4. The number of nitrogens with zero attached hydrogens (tertiary/aromatic N) is 5. The van der Waals surface area contributed by atoms with Gasteiger partial charge in [-0.05, 0) is 149 Å². The van der Waals surface area contributed by atoms with E-state index in [-0.39, 0.29) is 68.6 Å². The maximum Gasteiger partial charge on any atom is 0.320 e. The van der Waals surface area contributed by atoms with Crippen molar-refractivity contribution in [1.82, 2.24) is 14.7 Å². The van der Waals surface area contributed by atoms with Crippen LogP contribution in [0.4, 0.5) is 0 Å². The highest BCUT2D eigenvalue weighted by Gasteiger charge is 2.33. The van der Waals surface area contributed by atoms with E-state index in [1.807, 2.05) is 29.8 Å². The van der Waals surface area contributed by atoms with Crippen molar-refractivity contribution in [1.29, 1.82) is 10.5 Å². The molecule has 0 spiro atoms. The third-order valence-corrected chi connectivity index (χ3v) is 23.2. The molecule has 12 nitrogen and oxygen atoms in total. The van der Waals surface area contributed by atoms with Crippen LogP contribution < -0.4 is 0 Å². The minimum Gasteiger partial charge on any atom is -0.465 e. The molecule has 10 rings (SSSR count). The molecule has 4 fully saturated rings. The smallest absolute Gasteiger partial charge is 0.320 e. The summed E-state index contributed by atoms with van der Waals surface area (Å²) < 4.78 is 16.1. The van der Waals surface area contributed by atoms with Gasteiger partial charge in [0.25, 0.3) is 0 Å². The van der Waals surface area contributed by atoms with Crippen LogP contribution in [0.1, 0.15) is 94.4 Å². The molecule has 0 bridgehead atoms. The Morgan fingerprint density at radius 1 is 0.580 bits per heavy atom. The third kappa shape index (κ3) is 16.6. The summed E-state index contributed by atoms with van der Waals surface area (Å²) in [6.07, 6.45) is 10.8. The molecule has 0 amide bonds. The van der Waals surface area contributed by atoms with E-state index in [1.54, 1.807) is 18.9 Å². The van der Waals surface area contributed by atoms with Crippen molar-refractivity contribution in [2.45, 2.75) is 111 Å². The van der Waals surface area contributed by atoms with Crippen LogP contribution in [0.15, 0.2) is 124 Å². The Hall–Kier alpha value is -5.91. The van der Waals surface area contributed by atoms with Gasteiger partial charge in [0, 0.05) is 73.8 Å². The molecule has 3 heterocycles. The average molecular weight is 1150 g/mol. The van der Waals surface area contributed by atoms with Crippen LogP contribution in [0, 0.1) is 22.7 Å². The van der Waals surface area contributed by atoms with E-state index in [4.69, 9.17) is 24.7 Å². The predicted molar refractivity (Wildman–Crippen MR) is 331 cm³/mol. The highest BCUT2D eigenvalue weighted by atomic mass is 32.2. The summed E-state index contributed by atoms with van der Waals surface area (Å²) in [6.45, 7) is 5.88. The number of hydrogen-bond acceptors (Lipinski definition) is 12. The van der Waals surface area contributed by atoms with Crippen molar-refractivity contribution in [3.63, 3.8) is 0 Å². The van der Waals surface area contributed by atoms with Gasteiger partial charge in [0.05, 0.1) is 64.1 Å². The maximum absolute atomic E-state index is 12.4. The molecular formula is C66H80N5O7S3+3. The summed E-state index contributed by atoms with van der Waals surface area (Å²) in [6, 6.07) is 43.2. The molecule has 81 heavy (non-hydrogen) atoms. The number of likely N-dealkylation sites (N-methyl/N-ethyl adjacent to an activating group) is 2. The van der Waals surface area contributed by atoms with Gasteiger partial charge in [0.2, 0.25) is 0 Å². The Kier molecular flexibility index (Phi) is 23.4. The summed E-state index contributed by atoms with van der Waals surface area (Å²) in [5, 5.41) is 25.6. The van der Waals surface area contributed by atoms with Crippen LogP contribution in [0.3, 0.4) is 0 Å². The molecule has 3 saturated heterocycles. The van der Waals surface area contributed by atoms with Gasteiger partial charge < -0.3 is 14.2 Å². The fourth-order valence-electron chi connectivity index (χ4n) is 11.6. The van der Waals surface area contributed by atoms with Gasteiger partial charge in [0.15, 0.2) is 14.7 Å². The topological polar surface area (TPSA) is 153 Å². The lowest BCUT2D eigenvalue weighted by atomic mass is 10.0.